The summed E-state index contributed by atoms with van der Waals surface area (Å²) < 4.78 is 5.34. The summed E-state index contributed by atoms with van der Waals surface area (Å²) in [5.41, 5.74) is -4.07. The zero-order valence-corrected chi connectivity index (χ0v) is 17.3. The van der Waals surface area contributed by atoms with Crippen molar-refractivity contribution in [3.05, 3.63) is 62.0 Å². The molecule has 8 heteroatoms. The van der Waals surface area contributed by atoms with Gasteiger partial charge in [-0.1, -0.05) is 49.2 Å². The molecule has 0 aromatic rings. The lowest BCUT2D eigenvalue weighted by molar-refractivity contribution is -0.133. The van der Waals surface area contributed by atoms with Gasteiger partial charge < -0.3 is 4.42 Å². The molecule has 0 radical (unpaired) electrons. The number of carbonyl (C=O) groups excluding carboxylic acids is 2. The average Bonchev–Trinajstić information content (AvgIpc) is 2.87. The van der Waals surface area contributed by atoms with E-state index in [1.54, 1.807) is 30.3 Å². The number of nitriles is 2. The monoisotopic (exact) mass is 438 g/mol. The molecule has 0 N–H and O–H groups in total. The van der Waals surface area contributed by atoms with E-state index in [-0.39, 0.29) is 22.8 Å². The van der Waals surface area contributed by atoms with E-state index in [1.807, 2.05) is 19.9 Å². The Hall–Kier alpha value is -3.19. The summed E-state index contributed by atoms with van der Waals surface area (Å²) >= 11 is 11.8. The van der Waals surface area contributed by atoms with Crippen molar-refractivity contribution in [1.29, 1.82) is 10.5 Å². The van der Waals surface area contributed by atoms with Gasteiger partial charge in [0.15, 0.2) is 10.8 Å². The highest BCUT2D eigenvalue weighted by molar-refractivity contribution is 6.58. The maximum atomic E-state index is 13.1. The summed E-state index contributed by atoms with van der Waals surface area (Å²) in [4.78, 5) is 38.6. The zero-order valence-electron chi connectivity index (χ0n) is 15.7. The number of hydrogen-bond acceptors (Lipinski definition) is 6. The van der Waals surface area contributed by atoms with Crippen LogP contribution in [-0.2, 0) is 9.59 Å². The molecule has 1 heterocycles. The van der Waals surface area contributed by atoms with Crippen LogP contribution in [0.25, 0.3) is 16.9 Å². The van der Waals surface area contributed by atoms with E-state index in [0.717, 1.165) is 11.6 Å². The van der Waals surface area contributed by atoms with Crippen LogP contribution in [-0.4, -0.2) is 11.6 Å². The first-order valence-electron chi connectivity index (χ1n) is 8.94. The second kappa shape index (κ2) is 6.40. The summed E-state index contributed by atoms with van der Waals surface area (Å²) in [6.45, 7) is 3.93. The Morgan fingerprint density at radius 2 is 1.70 bits per heavy atom. The van der Waals surface area contributed by atoms with E-state index >= 15 is 0 Å². The number of fused-ring (bicyclic) bond motifs is 2. The average molecular weight is 439 g/mol. The molecule has 0 bridgehead atoms. The van der Waals surface area contributed by atoms with Crippen LogP contribution in [0.15, 0.2) is 49.6 Å². The fourth-order valence-corrected chi connectivity index (χ4v) is 4.51. The number of rotatable bonds is 2. The van der Waals surface area contributed by atoms with Crippen molar-refractivity contribution in [3.8, 4) is 23.5 Å². The van der Waals surface area contributed by atoms with Gasteiger partial charge in [0.05, 0.1) is 17.7 Å². The largest absolute Gasteiger partial charge is 0.422 e. The maximum absolute atomic E-state index is 13.1. The van der Waals surface area contributed by atoms with Gasteiger partial charge in [-0.25, -0.2) is 4.79 Å². The van der Waals surface area contributed by atoms with E-state index in [4.69, 9.17) is 27.6 Å². The molecule has 148 valence electrons. The number of furan rings is 1. The Morgan fingerprint density at radius 3 is 2.30 bits per heavy atom. The molecule has 1 aliphatic heterocycles. The molecule has 0 fully saturated rings. The molecular formula is C22H12Cl2N2O4. The molecule has 2 atom stereocenters. The minimum atomic E-state index is -2.28. The van der Waals surface area contributed by atoms with Gasteiger partial charge in [0, 0.05) is 5.56 Å². The minimum Gasteiger partial charge on any atom is -0.422 e. The van der Waals surface area contributed by atoms with Crippen LogP contribution in [0.5, 0.6) is 0 Å². The zero-order chi connectivity index (χ0) is 22.0. The van der Waals surface area contributed by atoms with Crippen molar-refractivity contribution >= 4 is 40.3 Å². The Kier molecular flexibility index (Phi) is 4.29. The van der Waals surface area contributed by atoms with Crippen LogP contribution in [0.4, 0.5) is 0 Å². The van der Waals surface area contributed by atoms with Crippen LogP contribution >= 0.6 is 23.2 Å². The Morgan fingerprint density at radius 1 is 1.03 bits per heavy atom. The first-order chi connectivity index (χ1) is 14.2. The van der Waals surface area contributed by atoms with Gasteiger partial charge in [-0.15, -0.1) is 0 Å². The van der Waals surface area contributed by atoms with Gasteiger partial charge >= 0.3 is 5.63 Å². The summed E-state index contributed by atoms with van der Waals surface area (Å²) in [6, 6.07) is 10.5. The number of Topliss-reactive ketones (excluding diaryl/α,β-unsaturated/α-hetero) is 2. The van der Waals surface area contributed by atoms with Crippen molar-refractivity contribution < 1.29 is 14.0 Å². The third-order valence-electron chi connectivity index (χ3n) is 5.72. The highest BCUT2D eigenvalue weighted by Gasteiger charge is 2.73. The maximum Gasteiger partial charge on any atom is 0.344 e. The number of hydrogen-bond donors (Lipinski definition) is 0. The molecule has 4 aliphatic rings. The fraction of sp³-hybridized carbons (Fsp3) is 0.227. The van der Waals surface area contributed by atoms with Crippen molar-refractivity contribution in [2.75, 3.05) is 0 Å². The third kappa shape index (κ3) is 2.15. The lowest BCUT2D eigenvalue weighted by Gasteiger charge is -2.48. The number of halogens is 2. The standard InChI is InChI=1S/C22H12Cl2N2O4/c1-10(2)11-4-3-5-14-12(6-11)15(20(29)30-14)13-7-21(8-25)18(27)16(23)17(24)19(28)22(13,21)9-26/h3-7,10H,1-2H3. The lowest BCUT2D eigenvalue weighted by atomic mass is 9.45. The van der Waals surface area contributed by atoms with Gasteiger partial charge in [-0.2, -0.15) is 10.5 Å². The SMILES string of the molecule is CC(C)c1cccc2oc(=O)c(C3=CC4(C#N)C(=O)C(Cl)=C(Cl)C(=O)C34C#N)c-2c1. The summed E-state index contributed by atoms with van der Waals surface area (Å²) in [5.74, 6) is -1.57. The fourth-order valence-electron chi connectivity index (χ4n) is 4.05. The number of carbonyl (C=O) groups is 2. The van der Waals surface area contributed by atoms with Crippen LogP contribution in [0.2, 0.25) is 0 Å². The molecule has 0 saturated heterocycles. The third-order valence-corrected chi connectivity index (χ3v) is 6.53. The molecule has 0 saturated carbocycles. The molecule has 3 aliphatic carbocycles. The van der Waals surface area contributed by atoms with Crippen molar-refractivity contribution in [1.82, 2.24) is 0 Å². The normalized spacial score (nSPS) is 25.5. The van der Waals surface area contributed by atoms with Crippen LogP contribution in [0.3, 0.4) is 0 Å². The lowest BCUT2D eigenvalue weighted by Crippen LogP contribution is -2.60. The first-order valence-corrected chi connectivity index (χ1v) is 9.69. The summed E-state index contributed by atoms with van der Waals surface area (Å²) in [6.07, 6.45) is 1.15. The number of ketones is 2. The predicted octanol–water partition coefficient (Wildman–Crippen LogP) is 4.13. The van der Waals surface area contributed by atoms with E-state index < -0.39 is 38.1 Å². The number of allylic oxidation sites excluding steroid dienone is 4. The second-order valence-corrected chi connectivity index (χ2v) is 8.25. The molecule has 0 amide bonds. The minimum absolute atomic E-state index is 0.0424. The van der Waals surface area contributed by atoms with E-state index in [2.05, 4.69) is 0 Å². The van der Waals surface area contributed by atoms with Gasteiger partial charge in [0.1, 0.15) is 15.8 Å². The predicted molar refractivity (Wildman–Crippen MR) is 109 cm³/mol. The number of nitrogens with zero attached hydrogens (tertiary/aromatic N) is 2. The Balaban J connectivity index is 2.08. The second-order valence-electron chi connectivity index (χ2n) is 7.49. The molecular weight excluding hydrogens is 427 g/mol. The van der Waals surface area contributed by atoms with Crippen LogP contribution in [0.1, 0.15) is 30.9 Å². The molecule has 0 aromatic carbocycles. The quantitative estimate of drug-likeness (QED) is 0.696. The molecule has 6 nitrogen and oxygen atoms in total. The first kappa shape index (κ1) is 20.1. The highest BCUT2D eigenvalue weighted by Crippen LogP contribution is 2.65. The Bertz CT molecular complexity index is 1340. The highest BCUT2D eigenvalue weighted by atomic mass is 35.5. The van der Waals surface area contributed by atoms with Crippen LogP contribution in [0, 0.1) is 33.5 Å². The van der Waals surface area contributed by atoms with E-state index in [9.17, 15) is 24.9 Å². The topological polar surface area (TPSA) is 112 Å². The van der Waals surface area contributed by atoms with Gasteiger partial charge in [-0.05, 0) is 35.3 Å². The van der Waals surface area contributed by atoms with Crippen molar-refractivity contribution in [2.24, 2.45) is 10.8 Å². The molecule has 4 rings (SSSR count). The summed E-state index contributed by atoms with van der Waals surface area (Å²) in [5, 5.41) is 18.6. The van der Waals surface area contributed by atoms with Gasteiger partial charge in [-0.3, -0.25) is 9.59 Å². The molecule has 2 unspecified atom stereocenters. The van der Waals surface area contributed by atoms with E-state index in [0.29, 0.717) is 5.56 Å². The summed E-state index contributed by atoms with van der Waals surface area (Å²) in [7, 11) is 0. The smallest absolute Gasteiger partial charge is 0.344 e. The van der Waals surface area contributed by atoms with Crippen molar-refractivity contribution in [3.63, 3.8) is 0 Å². The van der Waals surface area contributed by atoms with Crippen molar-refractivity contribution in [2.45, 2.75) is 19.8 Å². The molecule has 30 heavy (non-hydrogen) atoms. The Labute approximate surface area is 181 Å². The van der Waals surface area contributed by atoms with Gasteiger partial charge in [0.2, 0.25) is 11.6 Å². The van der Waals surface area contributed by atoms with E-state index in [1.165, 1.54) is 0 Å². The molecule has 0 aromatic heterocycles. The van der Waals surface area contributed by atoms with Crippen LogP contribution < -0.4 is 5.63 Å². The van der Waals surface area contributed by atoms with Gasteiger partial charge in [0.25, 0.3) is 0 Å². The molecule has 0 spiro atoms.